The second kappa shape index (κ2) is 9.97. The maximum absolute atomic E-state index is 12.3. The van der Waals surface area contributed by atoms with E-state index in [1.54, 1.807) is 36.5 Å². The maximum Gasteiger partial charge on any atom is 0.323 e. The highest BCUT2D eigenvalue weighted by Crippen LogP contribution is 2.24. The highest BCUT2D eigenvalue weighted by Gasteiger charge is 2.07. The van der Waals surface area contributed by atoms with Crippen LogP contribution in [0.25, 0.3) is 0 Å². The zero-order valence-corrected chi connectivity index (χ0v) is 18.8. The van der Waals surface area contributed by atoms with Crippen LogP contribution in [0.1, 0.15) is 11.4 Å². The molecule has 33 heavy (non-hydrogen) atoms. The number of nitrogens with one attached hydrogen (secondary N) is 4. The zero-order chi connectivity index (χ0) is 23.2. The minimum atomic E-state index is -0.377. The lowest BCUT2D eigenvalue weighted by Crippen LogP contribution is -2.19. The number of hydrogen-bond acceptors (Lipinski definition) is 6. The normalized spacial score (nSPS) is 10.4. The van der Waals surface area contributed by atoms with Crippen molar-refractivity contribution in [3.8, 4) is 0 Å². The molecule has 2 heterocycles. The van der Waals surface area contributed by atoms with Crippen LogP contribution in [-0.4, -0.2) is 21.0 Å². The first-order valence-corrected chi connectivity index (χ1v) is 10.6. The molecule has 4 aromatic rings. The van der Waals surface area contributed by atoms with E-state index in [4.69, 9.17) is 11.6 Å². The number of anilines is 6. The molecule has 0 bridgehead atoms. The van der Waals surface area contributed by atoms with Gasteiger partial charge in [-0.3, -0.25) is 0 Å². The molecule has 0 fully saturated rings. The number of aromatic nitrogens is 3. The first-order valence-electron chi connectivity index (χ1n) is 10.2. The van der Waals surface area contributed by atoms with E-state index < -0.39 is 0 Å². The van der Waals surface area contributed by atoms with Crippen molar-refractivity contribution in [2.75, 3.05) is 21.3 Å². The Balaban J connectivity index is 1.39. The van der Waals surface area contributed by atoms with Crippen LogP contribution in [0.2, 0.25) is 5.02 Å². The Hall–Kier alpha value is -4.17. The molecule has 166 valence electrons. The number of rotatable bonds is 6. The van der Waals surface area contributed by atoms with Crippen LogP contribution in [0.5, 0.6) is 0 Å². The van der Waals surface area contributed by atoms with E-state index >= 15 is 0 Å². The monoisotopic (exact) mass is 459 g/mol. The van der Waals surface area contributed by atoms with Crippen molar-refractivity contribution < 1.29 is 4.79 Å². The van der Waals surface area contributed by atoms with Crippen LogP contribution in [0.3, 0.4) is 0 Å². The van der Waals surface area contributed by atoms with E-state index in [0.717, 1.165) is 11.3 Å². The van der Waals surface area contributed by atoms with Crippen LogP contribution in [0.15, 0.2) is 72.9 Å². The molecule has 0 saturated carbocycles. The summed E-state index contributed by atoms with van der Waals surface area (Å²) in [7, 11) is 0. The number of benzene rings is 2. The lowest BCUT2D eigenvalue weighted by atomic mass is 10.2. The lowest BCUT2D eigenvalue weighted by Gasteiger charge is -2.12. The minimum Gasteiger partial charge on any atom is -0.340 e. The summed E-state index contributed by atoms with van der Waals surface area (Å²) in [6.45, 7) is 3.76. The second-order valence-corrected chi connectivity index (χ2v) is 7.70. The minimum absolute atomic E-state index is 0.377. The van der Waals surface area contributed by atoms with E-state index in [1.165, 1.54) is 0 Å². The van der Waals surface area contributed by atoms with Gasteiger partial charge in [0.15, 0.2) is 0 Å². The highest BCUT2D eigenvalue weighted by molar-refractivity contribution is 6.33. The second-order valence-electron chi connectivity index (χ2n) is 7.29. The smallest absolute Gasteiger partial charge is 0.323 e. The molecule has 9 heteroatoms. The van der Waals surface area contributed by atoms with Gasteiger partial charge in [-0.1, -0.05) is 23.7 Å². The number of amides is 2. The van der Waals surface area contributed by atoms with Crippen molar-refractivity contribution >= 4 is 52.1 Å². The molecule has 0 saturated heterocycles. The Morgan fingerprint density at radius 2 is 1.52 bits per heavy atom. The van der Waals surface area contributed by atoms with E-state index in [9.17, 15) is 4.79 Å². The molecule has 2 aromatic heterocycles. The first-order chi connectivity index (χ1) is 15.9. The van der Waals surface area contributed by atoms with Crippen molar-refractivity contribution in [1.82, 2.24) is 15.0 Å². The summed E-state index contributed by atoms with van der Waals surface area (Å²) in [4.78, 5) is 25.4. The number of pyridine rings is 1. The summed E-state index contributed by atoms with van der Waals surface area (Å²) in [6.07, 6.45) is 1.71. The van der Waals surface area contributed by atoms with Gasteiger partial charge in [0.1, 0.15) is 23.3 Å². The Labute approximate surface area is 196 Å². The van der Waals surface area contributed by atoms with Crippen molar-refractivity contribution in [3.05, 3.63) is 89.3 Å². The molecule has 0 atom stereocenters. The van der Waals surface area contributed by atoms with Gasteiger partial charge in [0.25, 0.3) is 0 Å². The fourth-order valence-corrected chi connectivity index (χ4v) is 3.34. The van der Waals surface area contributed by atoms with E-state index in [-0.39, 0.29) is 6.03 Å². The number of halogens is 1. The molecule has 0 spiro atoms. The van der Waals surface area contributed by atoms with Crippen molar-refractivity contribution in [2.45, 2.75) is 13.8 Å². The molecule has 0 unspecified atom stereocenters. The molecule has 4 rings (SSSR count). The van der Waals surface area contributed by atoms with Gasteiger partial charge in [0.05, 0.1) is 10.7 Å². The van der Waals surface area contributed by atoms with Gasteiger partial charge < -0.3 is 21.3 Å². The molecule has 0 aliphatic carbocycles. The van der Waals surface area contributed by atoms with Crippen LogP contribution in [0.4, 0.5) is 39.3 Å². The van der Waals surface area contributed by atoms with E-state index in [0.29, 0.717) is 39.7 Å². The average Bonchev–Trinajstić information content (AvgIpc) is 2.77. The Morgan fingerprint density at radius 1 is 0.788 bits per heavy atom. The van der Waals surface area contributed by atoms with Gasteiger partial charge in [0.2, 0.25) is 0 Å². The van der Waals surface area contributed by atoms with Crippen LogP contribution < -0.4 is 21.3 Å². The Bertz CT molecular complexity index is 1260. The van der Waals surface area contributed by atoms with Gasteiger partial charge >= 0.3 is 6.03 Å². The summed E-state index contributed by atoms with van der Waals surface area (Å²) in [6, 6.07) is 19.7. The average molecular weight is 460 g/mol. The third-order valence-electron chi connectivity index (χ3n) is 4.55. The number of hydrogen-bond donors (Lipinski definition) is 4. The SMILES string of the molecule is Cc1ccc(NC(=O)Nc2ccc(Nc3cc(Nc4ccccn4)nc(C)n3)cc2)c(Cl)c1. The predicted octanol–water partition coefficient (Wildman–Crippen LogP) is 6.27. The van der Waals surface area contributed by atoms with Crippen molar-refractivity contribution in [3.63, 3.8) is 0 Å². The summed E-state index contributed by atoms with van der Waals surface area (Å²) in [5, 5.41) is 12.4. The number of carbonyl (C=O) groups excluding carboxylic acids is 1. The van der Waals surface area contributed by atoms with E-state index in [1.807, 2.05) is 50.2 Å². The first kappa shape index (κ1) is 22.0. The molecule has 4 N–H and O–H groups in total. The molecule has 8 nitrogen and oxygen atoms in total. The summed E-state index contributed by atoms with van der Waals surface area (Å²) >= 11 is 6.17. The third-order valence-corrected chi connectivity index (χ3v) is 4.86. The summed E-state index contributed by atoms with van der Waals surface area (Å²) < 4.78 is 0. The standard InChI is InChI=1S/C24H22ClN7O/c1-15-6-11-20(19(25)13-15)31-24(33)30-18-9-7-17(8-10-18)29-22-14-23(28-16(2)27-22)32-21-5-3-4-12-26-21/h3-14H,1-2H3,(H2,30,31,33)(H2,26,27,28,29,32). The lowest BCUT2D eigenvalue weighted by molar-refractivity contribution is 0.262. The largest absolute Gasteiger partial charge is 0.340 e. The predicted molar refractivity (Wildman–Crippen MR) is 133 cm³/mol. The van der Waals surface area contributed by atoms with E-state index in [2.05, 4.69) is 36.2 Å². The zero-order valence-electron chi connectivity index (χ0n) is 18.1. The van der Waals surface area contributed by atoms with Crippen molar-refractivity contribution in [1.29, 1.82) is 0 Å². The van der Waals surface area contributed by atoms with Gasteiger partial charge in [-0.25, -0.2) is 19.7 Å². The quantitative estimate of drug-likeness (QED) is 0.271. The molecular formula is C24H22ClN7O. The Morgan fingerprint density at radius 3 is 2.21 bits per heavy atom. The van der Waals surface area contributed by atoms with Crippen molar-refractivity contribution in [2.24, 2.45) is 0 Å². The topological polar surface area (TPSA) is 104 Å². The number of urea groups is 1. The van der Waals surface area contributed by atoms with Crippen LogP contribution in [-0.2, 0) is 0 Å². The Kier molecular flexibility index (Phi) is 6.66. The van der Waals surface area contributed by atoms with Crippen LogP contribution in [0, 0.1) is 13.8 Å². The number of carbonyl (C=O) groups is 1. The molecule has 0 aliphatic heterocycles. The summed E-state index contributed by atoms with van der Waals surface area (Å²) in [5.41, 5.74) is 3.02. The van der Waals surface area contributed by atoms with Gasteiger partial charge in [0, 0.05) is 23.6 Å². The fraction of sp³-hybridized carbons (Fsp3) is 0.0833. The number of aryl methyl sites for hydroxylation is 2. The summed E-state index contributed by atoms with van der Waals surface area (Å²) in [5.74, 6) is 2.58. The molecule has 2 amide bonds. The van der Waals surface area contributed by atoms with Crippen LogP contribution >= 0.6 is 11.6 Å². The number of nitrogens with zero attached hydrogens (tertiary/aromatic N) is 3. The van der Waals surface area contributed by atoms with Gasteiger partial charge in [-0.15, -0.1) is 0 Å². The third kappa shape index (κ3) is 6.18. The molecule has 0 aliphatic rings. The molecule has 2 aromatic carbocycles. The maximum atomic E-state index is 12.3. The highest BCUT2D eigenvalue weighted by atomic mass is 35.5. The molecular weight excluding hydrogens is 438 g/mol. The van der Waals surface area contributed by atoms with Gasteiger partial charge in [-0.05, 0) is 67.9 Å². The molecule has 0 radical (unpaired) electrons. The fourth-order valence-electron chi connectivity index (χ4n) is 3.05. The van der Waals surface area contributed by atoms with Gasteiger partial charge in [-0.2, -0.15) is 0 Å².